The summed E-state index contributed by atoms with van der Waals surface area (Å²) in [4.78, 5) is 13.3. The van der Waals surface area contributed by atoms with Crippen molar-refractivity contribution in [1.82, 2.24) is 0 Å². The smallest absolute Gasteiger partial charge is 0.323 e. The standard InChI is InChI=1S/C24H54O4Si3/c1-20(2)16-14-17-21(3)18-15-19-24(4,28-31(11,12)13)22(26-29(5,6)7)23(25)27-30(8,9)10/h20-22H,14-19H2,1-13H3. The first kappa shape index (κ1) is 31.0. The molecule has 0 N–H and O–H groups in total. The highest BCUT2D eigenvalue weighted by molar-refractivity contribution is 6.72. The van der Waals surface area contributed by atoms with E-state index in [1.807, 2.05) is 19.6 Å². The van der Waals surface area contributed by atoms with Gasteiger partial charge in [-0.15, -0.1) is 0 Å². The van der Waals surface area contributed by atoms with E-state index in [2.05, 4.69) is 67.0 Å². The Morgan fingerprint density at radius 3 is 1.71 bits per heavy atom. The fourth-order valence-corrected chi connectivity index (χ4v) is 7.26. The average molecular weight is 491 g/mol. The first-order valence-corrected chi connectivity index (χ1v) is 22.6. The molecule has 0 bridgehead atoms. The molecule has 0 spiro atoms. The SMILES string of the molecule is CC(C)CCCC(C)CCCC(C)(O[Si](C)(C)C)C(O[Si](C)(C)C)C(=O)O[Si](C)(C)C. The van der Waals surface area contributed by atoms with Crippen LogP contribution in [-0.4, -0.2) is 42.6 Å². The summed E-state index contributed by atoms with van der Waals surface area (Å²) in [6.45, 7) is 28.1. The predicted molar refractivity (Wildman–Crippen MR) is 142 cm³/mol. The van der Waals surface area contributed by atoms with Crippen molar-refractivity contribution in [3.63, 3.8) is 0 Å². The number of hydrogen-bond acceptors (Lipinski definition) is 4. The summed E-state index contributed by atoms with van der Waals surface area (Å²) in [5, 5.41) is 0. The summed E-state index contributed by atoms with van der Waals surface area (Å²) in [5.74, 6) is 1.24. The molecule has 186 valence electrons. The molecule has 0 saturated heterocycles. The highest BCUT2D eigenvalue weighted by atomic mass is 28.4. The van der Waals surface area contributed by atoms with Gasteiger partial charge in [-0.05, 0) is 84.1 Å². The summed E-state index contributed by atoms with van der Waals surface area (Å²) >= 11 is 0. The molecule has 0 aliphatic carbocycles. The third kappa shape index (κ3) is 15.5. The molecule has 0 aromatic rings. The van der Waals surface area contributed by atoms with Gasteiger partial charge in [0, 0.05) is 0 Å². The molecule has 3 atom stereocenters. The first-order chi connectivity index (χ1) is 13.7. The minimum atomic E-state index is -2.03. The summed E-state index contributed by atoms with van der Waals surface area (Å²) in [7, 11) is -5.92. The Morgan fingerprint density at radius 2 is 1.29 bits per heavy atom. The van der Waals surface area contributed by atoms with Crippen molar-refractivity contribution in [2.45, 2.75) is 137 Å². The van der Waals surface area contributed by atoms with Gasteiger partial charge in [0.25, 0.3) is 0 Å². The fourth-order valence-electron chi connectivity index (χ4n) is 3.89. The van der Waals surface area contributed by atoms with Gasteiger partial charge < -0.3 is 13.3 Å². The lowest BCUT2D eigenvalue weighted by molar-refractivity contribution is -0.155. The van der Waals surface area contributed by atoms with E-state index in [1.54, 1.807) is 0 Å². The zero-order valence-corrected chi connectivity index (χ0v) is 26.1. The Balaban J connectivity index is 5.50. The molecule has 0 rings (SSSR count). The van der Waals surface area contributed by atoms with E-state index < -0.39 is 36.7 Å². The van der Waals surface area contributed by atoms with Gasteiger partial charge in [0.1, 0.15) is 0 Å². The van der Waals surface area contributed by atoms with E-state index in [1.165, 1.54) is 19.3 Å². The molecule has 0 amide bonds. The average Bonchev–Trinajstić information content (AvgIpc) is 2.47. The summed E-state index contributed by atoms with van der Waals surface area (Å²) in [6, 6.07) is 0. The van der Waals surface area contributed by atoms with Crippen molar-refractivity contribution in [2.75, 3.05) is 0 Å². The molecule has 0 aromatic heterocycles. The molecule has 0 aromatic carbocycles. The lowest BCUT2D eigenvalue weighted by Gasteiger charge is -2.43. The largest absolute Gasteiger partial charge is 0.518 e. The molecule has 31 heavy (non-hydrogen) atoms. The van der Waals surface area contributed by atoms with Gasteiger partial charge in [-0.3, -0.25) is 4.79 Å². The van der Waals surface area contributed by atoms with Crippen molar-refractivity contribution >= 4 is 30.9 Å². The number of hydrogen-bond donors (Lipinski definition) is 0. The van der Waals surface area contributed by atoms with Crippen LogP contribution < -0.4 is 0 Å². The Hall–Kier alpha value is 0.0406. The lowest BCUT2D eigenvalue weighted by atomic mass is 9.89. The van der Waals surface area contributed by atoms with E-state index in [0.717, 1.165) is 25.2 Å². The van der Waals surface area contributed by atoms with Crippen LogP contribution in [0.3, 0.4) is 0 Å². The Labute approximate surface area is 197 Å². The molecule has 7 heteroatoms. The van der Waals surface area contributed by atoms with Gasteiger partial charge >= 0.3 is 5.97 Å². The van der Waals surface area contributed by atoms with E-state index >= 15 is 0 Å². The third-order valence-corrected chi connectivity index (χ3v) is 7.87. The Morgan fingerprint density at radius 1 is 0.774 bits per heavy atom. The molecule has 0 aliphatic rings. The lowest BCUT2D eigenvalue weighted by Crippen LogP contribution is -2.57. The zero-order valence-electron chi connectivity index (χ0n) is 23.1. The fraction of sp³-hybridized carbons (Fsp3) is 0.958. The Kier molecular flexibility index (Phi) is 12.5. The van der Waals surface area contributed by atoms with Crippen molar-refractivity contribution in [3.05, 3.63) is 0 Å². The quantitative estimate of drug-likeness (QED) is 0.219. The van der Waals surface area contributed by atoms with Gasteiger partial charge in [-0.2, -0.15) is 0 Å². The van der Waals surface area contributed by atoms with Gasteiger partial charge in [-0.1, -0.05) is 52.9 Å². The molecule has 4 nitrogen and oxygen atoms in total. The molecule has 3 unspecified atom stereocenters. The topological polar surface area (TPSA) is 44.8 Å². The van der Waals surface area contributed by atoms with Crippen LogP contribution in [0.25, 0.3) is 0 Å². The monoisotopic (exact) mass is 490 g/mol. The van der Waals surface area contributed by atoms with Crippen LogP contribution in [0.15, 0.2) is 0 Å². The van der Waals surface area contributed by atoms with E-state index in [4.69, 9.17) is 13.3 Å². The predicted octanol–water partition coefficient (Wildman–Crippen LogP) is 7.83. The second-order valence-corrected chi connectivity index (χ2v) is 26.3. The maximum absolute atomic E-state index is 13.3. The van der Waals surface area contributed by atoms with Crippen LogP contribution >= 0.6 is 0 Å². The molecule has 0 fully saturated rings. The molecule has 0 saturated carbocycles. The van der Waals surface area contributed by atoms with Gasteiger partial charge in [0.05, 0.1) is 5.60 Å². The molecule has 0 heterocycles. The Bertz CT molecular complexity index is 532. The minimum Gasteiger partial charge on any atom is -0.518 e. The van der Waals surface area contributed by atoms with Crippen LogP contribution in [0.4, 0.5) is 0 Å². The molecule has 0 radical (unpaired) electrons. The van der Waals surface area contributed by atoms with Crippen molar-refractivity contribution in [3.8, 4) is 0 Å². The normalized spacial score (nSPS) is 17.4. The van der Waals surface area contributed by atoms with Crippen LogP contribution in [0.2, 0.25) is 58.9 Å². The van der Waals surface area contributed by atoms with Crippen molar-refractivity contribution in [1.29, 1.82) is 0 Å². The first-order valence-electron chi connectivity index (χ1n) is 12.3. The molecular weight excluding hydrogens is 437 g/mol. The molecular formula is C24H54O4Si3. The second kappa shape index (κ2) is 12.5. The van der Waals surface area contributed by atoms with Crippen LogP contribution in [-0.2, 0) is 18.1 Å². The maximum atomic E-state index is 13.3. The van der Waals surface area contributed by atoms with E-state index in [-0.39, 0.29) is 5.97 Å². The summed E-state index contributed by atoms with van der Waals surface area (Å²) in [6.07, 6.45) is 6.23. The third-order valence-electron chi connectivity index (χ3n) is 5.03. The van der Waals surface area contributed by atoms with Gasteiger partial charge in [0.15, 0.2) is 22.7 Å². The maximum Gasteiger partial charge on any atom is 0.323 e. The van der Waals surface area contributed by atoms with Crippen molar-refractivity contribution < 1.29 is 18.1 Å². The highest BCUT2D eigenvalue weighted by Gasteiger charge is 2.47. The molecule has 0 aliphatic heterocycles. The van der Waals surface area contributed by atoms with Crippen LogP contribution in [0.5, 0.6) is 0 Å². The second-order valence-electron chi connectivity index (χ2n) is 13.0. The van der Waals surface area contributed by atoms with E-state index in [9.17, 15) is 4.79 Å². The van der Waals surface area contributed by atoms with E-state index in [0.29, 0.717) is 5.92 Å². The zero-order chi connectivity index (χ0) is 24.7. The van der Waals surface area contributed by atoms with Crippen molar-refractivity contribution in [2.24, 2.45) is 11.8 Å². The van der Waals surface area contributed by atoms with Gasteiger partial charge in [0.2, 0.25) is 8.32 Å². The van der Waals surface area contributed by atoms with Crippen LogP contribution in [0, 0.1) is 11.8 Å². The van der Waals surface area contributed by atoms with Gasteiger partial charge in [-0.25, -0.2) is 0 Å². The minimum absolute atomic E-state index is 0.229. The summed E-state index contributed by atoms with van der Waals surface area (Å²) in [5.41, 5.74) is -0.654. The highest BCUT2D eigenvalue weighted by Crippen LogP contribution is 2.33. The van der Waals surface area contributed by atoms with Crippen LogP contribution in [0.1, 0.15) is 66.2 Å². The number of carbonyl (C=O) groups is 1. The summed E-state index contributed by atoms with van der Waals surface area (Å²) < 4.78 is 19.1. The number of carbonyl (C=O) groups excluding carboxylic acids is 1. The number of rotatable bonds is 15.